The van der Waals surface area contributed by atoms with Gasteiger partial charge in [0.1, 0.15) is 0 Å². The molecular formula is C20H36. The lowest BCUT2D eigenvalue weighted by Crippen LogP contribution is -2.53. The minimum absolute atomic E-state index is 0.601. The van der Waals surface area contributed by atoms with Crippen LogP contribution in [0.15, 0.2) is 0 Å². The number of hydrogen-bond donors (Lipinski definition) is 0. The fourth-order valence-electron chi connectivity index (χ4n) is 6.82. The Hall–Kier alpha value is 0. The van der Waals surface area contributed by atoms with Crippen molar-refractivity contribution in [3.63, 3.8) is 0 Å². The van der Waals surface area contributed by atoms with Gasteiger partial charge in [-0.3, -0.25) is 0 Å². The molecule has 0 aromatic carbocycles. The van der Waals surface area contributed by atoms with Gasteiger partial charge in [-0.05, 0) is 78.9 Å². The molecule has 116 valence electrons. The van der Waals surface area contributed by atoms with Gasteiger partial charge in [-0.25, -0.2) is 0 Å². The minimum Gasteiger partial charge on any atom is -0.0649 e. The van der Waals surface area contributed by atoms with Crippen molar-refractivity contribution in [2.75, 3.05) is 0 Å². The topological polar surface area (TPSA) is 0 Å². The van der Waals surface area contributed by atoms with Crippen molar-refractivity contribution < 1.29 is 0 Å². The Kier molecular flexibility index (Phi) is 3.54. The zero-order chi connectivity index (χ0) is 14.6. The Morgan fingerprint density at radius 2 is 1.65 bits per heavy atom. The predicted octanol–water partition coefficient (Wildman–Crippen LogP) is 6.45. The Balaban J connectivity index is 1.85. The monoisotopic (exact) mass is 276 g/mol. The maximum atomic E-state index is 2.68. The van der Waals surface area contributed by atoms with E-state index in [2.05, 4.69) is 34.6 Å². The molecule has 0 amide bonds. The van der Waals surface area contributed by atoms with E-state index in [1.807, 2.05) is 0 Å². The molecule has 0 aromatic heterocycles. The summed E-state index contributed by atoms with van der Waals surface area (Å²) in [5.74, 6) is 3.08. The van der Waals surface area contributed by atoms with Crippen molar-refractivity contribution in [3.8, 4) is 0 Å². The van der Waals surface area contributed by atoms with Gasteiger partial charge >= 0.3 is 0 Å². The first-order valence-corrected chi connectivity index (χ1v) is 9.31. The van der Waals surface area contributed by atoms with Crippen molar-refractivity contribution in [3.05, 3.63) is 0 Å². The molecular weight excluding hydrogens is 240 g/mol. The van der Waals surface area contributed by atoms with E-state index in [1.165, 1.54) is 57.8 Å². The summed E-state index contributed by atoms with van der Waals surface area (Å²) in [4.78, 5) is 0. The normalized spacial score (nSPS) is 51.1. The van der Waals surface area contributed by atoms with Crippen LogP contribution in [0.3, 0.4) is 0 Å². The van der Waals surface area contributed by atoms with E-state index in [1.54, 1.807) is 0 Å². The summed E-state index contributed by atoms with van der Waals surface area (Å²) >= 11 is 0. The first kappa shape index (κ1) is 14.9. The third-order valence-electron chi connectivity index (χ3n) is 8.19. The Morgan fingerprint density at radius 3 is 2.35 bits per heavy atom. The molecule has 3 saturated carbocycles. The van der Waals surface area contributed by atoms with Crippen LogP contribution in [0.1, 0.15) is 92.4 Å². The summed E-state index contributed by atoms with van der Waals surface area (Å²) in [6.07, 6.45) is 13.5. The molecule has 3 rings (SSSR count). The second-order valence-corrected chi connectivity index (χ2v) is 9.75. The number of fused-ring (bicyclic) bond motifs is 3. The van der Waals surface area contributed by atoms with E-state index in [0.29, 0.717) is 16.2 Å². The van der Waals surface area contributed by atoms with Gasteiger partial charge in [0.25, 0.3) is 0 Å². The van der Waals surface area contributed by atoms with E-state index in [0.717, 1.165) is 17.8 Å². The van der Waals surface area contributed by atoms with Gasteiger partial charge < -0.3 is 0 Å². The van der Waals surface area contributed by atoms with Crippen LogP contribution in [0.2, 0.25) is 0 Å². The maximum absolute atomic E-state index is 2.68. The molecule has 3 aliphatic carbocycles. The molecule has 20 heavy (non-hydrogen) atoms. The highest BCUT2D eigenvalue weighted by Crippen LogP contribution is 2.65. The lowest BCUT2D eigenvalue weighted by molar-refractivity contribution is -0.124. The summed E-state index contributed by atoms with van der Waals surface area (Å²) in [5, 5.41) is 0. The fraction of sp³-hybridized carbons (Fsp3) is 1.00. The van der Waals surface area contributed by atoms with Crippen molar-refractivity contribution in [2.45, 2.75) is 92.4 Å². The lowest BCUT2D eigenvalue weighted by atomic mass is 9.43. The zero-order valence-corrected chi connectivity index (χ0v) is 14.6. The first-order chi connectivity index (χ1) is 9.31. The van der Waals surface area contributed by atoms with Gasteiger partial charge in [-0.1, -0.05) is 47.5 Å². The van der Waals surface area contributed by atoms with Gasteiger partial charge in [-0.15, -0.1) is 0 Å². The van der Waals surface area contributed by atoms with E-state index in [9.17, 15) is 0 Å². The summed E-state index contributed by atoms with van der Waals surface area (Å²) in [7, 11) is 0. The van der Waals surface area contributed by atoms with E-state index < -0.39 is 0 Å². The van der Waals surface area contributed by atoms with Crippen LogP contribution in [0.4, 0.5) is 0 Å². The van der Waals surface area contributed by atoms with Crippen LogP contribution in [0, 0.1) is 34.0 Å². The van der Waals surface area contributed by atoms with E-state index >= 15 is 0 Å². The van der Waals surface area contributed by atoms with Crippen LogP contribution in [-0.4, -0.2) is 0 Å². The van der Waals surface area contributed by atoms with E-state index in [4.69, 9.17) is 0 Å². The molecule has 0 bridgehead atoms. The molecule has 0 heteroatoms. The Morgan fingerprint density at radius 1 is 0.900 bits per heavy atom. The SMILES string of the molecule is CCC1(C)CCC2C(CCC3C(C)(C)CCCC23C)C1. The van der Waals surface area contributed by atoms with Gasteiger partial charge in [0.2, 0.25) is 0 Å². The highest BCUT2D eigenvalue weighted by molar-refractivity contribution is 5.05. The van der Waals surface area contributed by atoms with Gasteiger partial charge in [0, 0.05) is 0 Å². The highest BCUT2D eigenvalue weighted by atomic mass is 14.6. The summed E-state index contributed by atoms with van der Waals surface area (Å²) in [6.45, 7) is 12.8. The van der Waals surface area contributed by atoms with Crippen LogP contribution >= 0.6 is 0 Å². The van der Waals surface area contributed by atoms with Crippen molar-refractivity contribution in [1.82, 2.24) is 0 Å². The first-order valence-electron chi connectivity index (χ1n) is 9.31. The maximum Gasteiger partial charge on any atom is -0.0261 e. The van der Waals surface area contributed by atoms with Crippen molar-refractivity contribution >= 4 is 0 Å². The standard InChI is InChI=1S/C20H36/c1-6-19(4)13-10-16-15(14-19)8-9-17-18(2,3)11-7-12-20(16,17)5/h15-17H,6-14H2,1-5H3. The average molecular weight is 277 g/mol. The highest BCUT2D eigenvalue weighted by Gasteiger charge is 2.56. The molecule has 5 atom stereocenters. The molecule has 5 unspecified atom stereocenters. The molecule has 0 aliphatic heterocycles. The summed E-state index contributed by atoms with van der Waals surface area (Å²) in [5.41, 5.74) is 1.93. The van der Waals surface area contributed by atoms with Crippen LogP contribution in [0.5, 0.6) is 0 Å². The summed E-state index contributed by atoms with van der Waals surface area (Å²) in [6, 6.07) is 0. The molecule has 0 nitrogen and oxygen atoms in total. The van der Waals surface area contributed by atoms with Crippen LogP contribution < -0.4 is 0 Å². The van der Waals surface area contributed by atoms with E-state index in [-0.39, 0.29) is 0 Å². The minimum atomic E-state index is 0.601. The Labute approximate surface area is 127 Å². The molecule has 3 aliphatic rings. The van der Waals surface area contributed by atoms with Crippen LogP contribution in [0.25, 0.3) is 0 Å². The third kappa shape index (κ3) is 2.17. The molecule has 0 radical (unpaired) electrons. The molecule has 0 saturated heterocycles. The molecule has 0 aromatic rings. The molecule has 0 N–H and O–H groups in total. The van der Waals surface area contributed by atoms with Gasteiger partial charge in [0.05, 0.1) is 0 Å². The zero-order valence-electron chi connectivity index (χ0n) is 14.6. The van der Waals surface area contributed by atoms with Crippen LogP contribution in [-0.2, 0) is 0 Å². The Bertz CT molecular complexity index is 368. The van der Waals surface area contributed by atoms with Gasteiger partial charge in [-0.2, -0.15) is 0 Å². The second kappa shape index (κ2) is 4.75. The number of rotatable bonds is 1. The fourth-order valence-corrected chi connectivity index (χ4v) is 6.82. The largest absolute Gasteiger partial charge is 0.0649 e. The quantitative estimate of drug-likeness (QED) is 0.516. The predicted molar refractivity (Wildman–Crippen MR) is 87.7 cm³/mol. The van der Waals surface area contributed by atoms with Crippen molar-refractivity contribution in [1.29, 1.82) is 0 Å². The van der Waals surface area contributed by atoms with Gasteiger partial charge in [0.15, 0.2) is 0 Å². The molecule has 0 spiro atoms. The third-order valence-corrected chi connectivity index (χ3v) is 8.19. The van der Waals surface area contributed by atoms with Crippen molar-refractivity contribution in [2.24, 2.45) is 34.0 Å². The molecule has 0 heterocycles. The smallest absolute Gasteiger partial charge is 0.0261 e. The second-order valence-electron chi connectivity index (χ2n) is 9.75. The summed E-state index contributed by atoms with van der Waals surface area (Å²) < 4.78 is 0. The number of hydrogen-bond acceptors (Lipinski definition) is 0. The lowest BCUT2D eigenvalue weighted by Gasteiger charge is -2.62. The molecule has 3 fully saturated rings. The average Bonchev–Trinajstić information content (AvgIpc) is 2.37.